The fraction of sp³-hybridized carbons (Fsp3) is 0.462. The molecule has 1 aromatic carbocycles. The van der Waals surface area contributed by atoms with E-state index in [0.717, 1.165) is 27.9 Å². The molecule has 0 aliphatic heterocycles. The number of hydrogen-bond acceptors (Lipinski definition) is 1. The summed E-state index contributed by atoms with van der Waals surface area (Å²) in [6, 6.07) is 2.10. The summed E-state index contributed by atoms with van der Waals surface area (Å²) in [4.78, 5) is 12.6. The number of anilines is 1. The molecule has 1 aromatic rings. The van der Waals surface area contributed by atoms with Gasteiger partial charge >= 0.3 is 6.09 Å². The summed E-state index contributed by atoms with van der Waals surface area (Å²) < 4.78 is 0. The third-order valence-corrected chi connectivity index (χ3v) is 3.14. The van der Waals surface area contributed by atoms with E-state index in [-0.39, 0.29) is 0 Å². The van der Waals surface area contributed by atoms with Crippen molar-refractivity contribution in [3.05, 3.63) is 28.3 Å². The zero-order chi connectivity index (χ0) is 12.5. The van der Waals surface area contributed by atoms with Gasteiger partial charge in [-0.15, -0.1) is 0 Å². The third kappa shape index (κ3) is 2.03. The number of rotatable bonds is 2. The first-order chi connectivity index (χ1) is 7.40. The molecule has 0 heterocycles. The van der Waals surface area contributed by atoms with Gasteiger partial charge in [-0.25, -0.2) is 4.79 Å². The van der Waals surface area contributed by atoms with Crippen molar-refractivity contribution in [2.24, 2.45) is 0 Å². The molecule has 3 nitrogen and oxygen atoms in total. The molecule has 1 rings (SSSR count). The van der Waals surface area contributed by atoms with Crippen LogP contribution in [0.5, 0.6) is 0 Å². The Morgan fingerprint density at radius 1 is 1.19 bits per heavy atom. The largest absolute Gasteiger partial charge is 0.465 e. The minimum absolute atomic E-state index is 0.472. The van der Waals surface area contributed by atoms with Crippen molar-refractivity contribution < 1.29 is 9.90 Å². The number of carboxylic acid groups (broad SMARTS) is 1. The fourth-order valence-electron chi connectivity index (χ4n) is 1.99. The van der Waals surface area contributed by atoms with Gasteiger partial charge in [0.2, 0.25) is 0 Å². The average Bonchev–Trinajstić information content (AvgIpc) is 2.21. The van der Waals surface area contributed by atoms with Gasteiger partial charge in [-0.1, -0.05) is 6.07 Å². The third-order valence-electron chi connectivity index (χ3n) is 3.14. The average molecular weight is 221 g/mol. The fourth-order valence-corrected chi connectivity index (χ4v) is 1.99. The quantitative estimate of drug-likeness (QED) is 0.831. The van der Waals surface area contributed by atoms with Crippen molar-refractivity contribution in [2.45, 2.75) is 34.6 Å². The summed E-state index contributed by atoms with van der Waals surface area (Å²) in [6.45, 7) is 10.3. The molecule has 0 radical (unpaired) electrons. The van der Waals surface area contributed by atoms with E-state index in [1.54, 1.807) is 0 Å². The van der Waals surface area contributed by atoms with E-state index >= 15 is 0 Å². The van der Waals surface area contributed by atoms with Crippen LogP contribution >= 0.6 is 0 Å². The number of nitrogens with zero attached hydrogens (tertiary/aromatic N) is 1. The molecule has 16 heavy (non-hydrogen) atoms. The molecule has 0 aliphatic carbocycles. The molecule has 0 aromatic heterocycles. The SMILES string of the molecule is CCN(C(=O)O)c1c(C)c(C)cc(C)c1C. The molecule has 0 aliphatic rings. The summed E-state index contributed by atoms with van der Waals surface area (Å²) in [7, 11) is 0. The van der Waals surface area contributed by atoms with E-state index in [1.165, 1.54) is 4.90 Å². The Balaban J connectivity index is 3.47. The van der Waals surface area contributed by atoms with Crippen molar-refractivity contribution in [3.8, 4) is 0 Å². The molecular weight excluding hydrogens is 202 g/mol. The topological polar surface area (TPSA) is 40.5 Å². The molecule has 0 spiro atoms. The van der Waals surface area contributed by atoms with Crippen molar-refractivity contribution in [1.29, 1.82) is 0 Å². The summed E-state index contributed by atoms with van der Waals surface area (Å²) in [5.74, 6) is 0. The van der Waals surface area contributed by atoms with E-state index in [4.69, 9.17) is 0 Å². The molecule has 0 saturated heterocycles. The first-order valence-electron chi connectivity index (χ1n) is 5.48. The van der Waals surface area contributed by atoms with Crippen molar-refractivity contribution in [1.82, 2.24) is 0 Å². The molecular formula is C13H19NO2. The second-order valence-electron chi connectivity index (χ2n) is 4.14. The molecule has 88 valence electrons. The van der Waals surface area contributed by atoms with Crippen LogP contribution in [0.4, 0.5) is 10.5 Å². The van der Waals surface area contributed by atoms with Gasteiger partial charge in [-0.3, -0.25) is 4.90 Å². The van der Waals surface area contributed by atoms with E-state index in [9.17, 15) is 9.90 Å². The lowest BCUT2D eigenvalue weighted by molar-refractivity contribution is 0.202. The van der Waals surface area contributed by atoms with Crippen LogP contribution in [-0.4, -0.2) is 17.7 Å². The second-order valence-corrected chi connectivity index (χ2v) is 4.14. The highest BCUT2D eigenvalue weighted by Crippen LogP contribution is 2.30. The van der Waals surface area contributed by atoms with Gasteiger partial charge in [0.1, 0.15) is 0 Å². The van der Waals surface area contributed by atoms with Crippen LogP contribution in [0.25, 0.3) is 0 Å². The van der Waals surface area contributed by atoms with E-state index < -0.39 is 6.09 Å². The predicted octanol–water partition coefficient (Wildman–Crippen LogP) is 3.42. The highest BCUT2D eigenvalue weighted by atomic mass is 16.4. The number of carbonyl (C=O) groups is 1. The first kappa shape index (κ1) is 12.6. The number of benzene rings is 1. The Morgan fingerprint density at radius 2 is 1.62 bits per heavy atom. The van der Waals surface area contributed by atoms with Gasteiger partial charge < -0.3 is 5.11 Å². The molecule has 0 unspecified atom stereocenters. The van der Waals surface area contributed by atoms with Crippen molar-refractivity contribution >= 4 is 11.8 Å². The van der Waals surface area contributed by atoms with E-state index in [1.807, 2.05) is 34.6 Å². The van der Waals surface area contributed by atoms with Gasteiger partial charge in [-0.05, 0) is 56.9 Å². The highest BCUT2D eigenvalue weighted by Gasteiger charge is 2.18. The maximum Gasteiger partial charge on any atom is 0.411 e. The number of amides is 1. The van der Waals surface area contributed by atoms with E-state index in [0.29, 0.717) is 6.54 Å². The Kier molecular flexibility index (Phi) is 3.58. The molecule has 1 amide bonds. The van der Waals surface area contributed by atoms with Crippen LogP contribution in [0.3, 0.4) is 0 Å². The van der Waals surface area contributed by atoms with Gasteiger partial charge in [0.25, 0.3) is 0 Å². The zero-order valence-electron chi connectivity index (χ0n) is 10.6. The summed E-state index contributed by atoms with van der Waals surface area (Å²) in [6.07, 6.45) is -0.890. The number of aryl methyl sites for hydroxylation is 2. The van der Waals surface area contributed by atoms with Crippen LogP contribution < -0.4 is 4.90 Å². The number of hydrogen-bond donors (Lipinski definition) is 1. The van der Waals surface area contributed by atoms with Crippen LogP contribution in [0, 0.1) is 27.7 Å². The Bertz CT molecular complexity index is 398. The Labute approximate surface area is 96.7 Å². The van der Waals surface area contributed by atoms with Crippen LogP contribution in [-0.2, 0) is 0 Å². The van der Waals surface area contributed by atoms with Crippen molar-refractivity contribution in [3.63, 3.8) is 0 Å². The van der Waals surface area contributed by atoms with Crippen molar-refractivity contribution in [2.75, 3.05) is 11.4 Å². The van der Waals surface area contributed by atoms with Crippen LogP contribution in [0.2, 0.25) is 0 Å². The highest BCUT2D eigenvalue weighted by molar-refractivity contribution is 5.89. The lowest BCUT2D eigenvalue weighted by Gasteiger charge is -2.24. The molecule has 0 atom stereocenters. The van der Waals surface area contributed by atoms with Gasteiger partial charge in [0.15, 0.2) is 0 Å². The molecule has 0 fully saturated rings. The Morgan fingerprint density at radius 3 is 1.94 bits per heavy atom. The molecule has 0 bridgehead atoms. The minimum Gasteiger partial charge on any atom is -0.465 e. The summed E-state index contributed by atoms with van der Waals surface area (Å²) in [5, 5.41) is 9.18. The summed E-state index contributed by atoms with van der Waals surface area (Å²) in [5.41, 5.74) is 5.21. The predicted molar refractivity (Wildman–Crippen MR) is 66.4 cm³/mol. The van der Waals surface area contributed by atoms with Crippen LogP contribution in [0.1, 0.15) is 29.2 Å². The lowest BCUT2D eigenvalue weighted by Crippen LogP contribution is -2.30. The lowest BCUT2D eigenvalue weighted by atomic mass is 9.98. The minimum atomic E-state index is -0.890. The van der Waals surface area contributed by atoms with Gasteiger partial charge in [0.05, 0.1) is 5.69 Å². The Hall–Kier alpha value is -1.51. The standard InChI is InChI=1S/C13H19NO2/c1-6-14(13(15)16)12-10(4)8(2)7-9(3)11(12)5/h7H,6H2,1-5H3,(H,15,16). The van der Waals surface area contributed by atoms with Gasteiger partial charge in [-0.2, -0.15) is 0 Å². The van der Waals surface area contributed by atoms with Crippen LogP contribution in [0.15, 0.2) is 6.07 Å². The maximum atomic E-state index is 11.2. The molecule has 3 heteroatoms. The van der Waals surface area contributed by atoms with Gasteiger partial charge in [0, 0.05) is 6.54 Å². The first-order valence-corrected chi connectivity index (χ1v) is 5.48. The van der Waals surface area contributed by atoms with E-state index in [2.05, 4.69) is 6.07 Å². The maximum absolute atomic E-state index is 11.2. The normalized spacial score (nSPS) is 10.3. The molecule has 1 N–H and O–H groups in total. The monoisotopic (exact) mass is 221 g/mol. The molecule has 0 saturated carbocycles. The smallest absolute Gasteiger partial charge is 0.411 e. The second kappa shape index (κ2) is 4.56. The zero-order valence-corrected chi connectivity index (χ0v) is 10.6. The summed E-state index contributed by atoms with van der Waals surface area (Å²) >= 11 is 0.